The van der Waals surface area contributed by atoms with Gasteiger partial charge in [0.05, 0.1) is 11.4 Å². The second-order valence-corrected chi connectivity index (χ2v) is 19.3. The lowest BCUT2D eigenvalue weighted by Gasteiger charge is -2.27. The summed E-state index contributed by atoms with van der Waals surface area (Å²) < 4.78 is 6.53. The summed E-state index contributed by atoms with van der Waals surface area (Å²) in [5.41, 5.74) is 19.4. The standard InChI is InChI=1S/C60H48N4O/c1-58(2)45-26-13-9-20-39(45)53-42(23-16-28-47(53)58)56(61-7)62-57(43-24-17-32-52-54(43)41-22-11-15-31-51(41)65-52)63-64(36-33-34-38-37-19-8-12-25-44(37)60(5,6)49(38)35-36)50-30-18-29-48-55(50)40-21-10-14-27-46(40)59(48,3)4/h8-35H,7H2,1-6H3/b62-56?,63-57-. The summed E-state index contributed by atoms with van der Waals surface area (Å²) in [7, 11) is 0. The molecular formula is C60H48N4O. The van der Waals surface area contributed by atoms with E-state index < -0.39 is 0 Å². The van der Waals surface area contributed by atoms with Crippen LogP contribution < -0.4 is 5.01 Å². The summed E-state index contributed by atoms with van der Waals surface area (Å²) in [6, 6.07) is 60.6. The molecule has 0 atom stereocenters. The Bertz CT molecular complexity index is 3560. The van der Waals surface area contributed by atoms with Crippen molar-refractivity contribution in [3.63, 3.8) is 0 Å². The van der Waals surface area contributed by atoms with Gasteiger partial charge in [0.25, 0.3) is 0 Å². The zero-order chi connectivity index (χ0) is 44.4. The fourth-order valence-electron chi connectivity index (χ4n) is 11.4. The monoisotopic (exact) mass is 840 g/mol. The molecule has 1 aromatic heterocycles. The smallest absolute Gasteiger partial charge is 0.182 e. The van der Waals surface area contributed by atoms with E-state index in [1.807, 2.05) is 24.3 Å². The summed E-state index contributed by atoms with van der Waals surface area (Å²) in [5.74, 6) is 0.979. The van der Waals surface area contributed by atoms with Crippen molar-refractivity contribution in [2.24, 2.45) is 15.1 Å². The minimum Gasteiger partial charge on any atom is -0.456 e. The molecule has 0 bridgehead atoms. The van der Waals surface area contributed by atoms with Crippen LogP contribution in [0.3, 0.4) is 0 Å². The van der Waals surface area contributed by atoms with Gasteiger partial charge in [-0.25, -0.2) is 15.0 Å². The first-order valence-corrected chi connectivity index (χ1v) is 22.5. The van der Waals surface area contributed by atoms with Gasteiger partial charge in [0, 0.05) is 43.7 Å². The molecule has 3 aliphatic carbocycles. The normalized spacial score (nSPS) is 15.8. The first-order chi connectivity index (χ1) is 31.5. The Hall–Kier alpha value is -7.63. The van der Waals surface area contributed by atoms with E-state index in [0.29, 0.717) is 11.7 Å². The number of hydrogen-bond acceptors (Lipinski definition) is 3. The van der Waals surface area contributed by atoms with E-state index in [1.54, 1.807) is 0 Å². The van der Waals surface area contributed by atoms with Crippen LogP contribution in [0.2, 0.25) is 0 Å². The first-order valence-electron chi connectivity index (χ1n) is 22.5. The third-order valence-electron chi connectivity index (χ3n) is 14.7. The van der Waals surface area contributed by atoms with Crippen molar-refractivity contribution in [3.8, 4) is 33.4 Å². The SMILES string of the molecule is C=NC(=N/C(=N\N(c1ccc2c(c1)C(C)(C)c1ccccc1-2)c1cccc2c1-c1ccccc1C2(C)C)c1cccc2oc3ccccc3c12)c1cccc2c1-c1ccccc1C2(C)C. The van der Waals surface area contributed by atoms with Crippen LogP contribution >= 0.6 is 0 Å². The number of rotatable bonds is 5. The second-order valence-electron chi connectivity index (χ2n) is 19.3. The zero-order valence-corrected chi connectivity index (χ0v) is 37.6. The maximum Gasteiger partial charge on any atom is 0.182 e. The maximum atomic E-state index is 6.53. The van der Waals surface area contributed by atoms with Crippen LogP contribution in [0.1, 0.15) is 86.1 Å². The minimum atomic E-state index is -0.232. The topological polar surface area (TPSA) is 53.5 Å². The number of para-hydroxylation sites is 1. The van der Waals surface area contributed by atoms with Crippen molar-refractivity contribution in [1.29, 1.82) is 0 Å². The lowest BCUT2D eigenvalue weighted by Crippen LogP contribution is -2.19. The van der Waals surface area contributed by atoms with Crippen LogP contribution in [0.25, 0.3) is 55.3 Å². The van der Waals surface area contributed by atoms with Crippen molar-refractivity contribution < 1.29 is 4.42 Å². The van der Waals surface area contributed by atoms with Gasteiger partial charge < -0.3 is 4.42 Å². The Morgan fingerprint density at radius 3 is 1.71 bits per heavy atom. The molecule has 0 aliphatic heterocycles. The zero-order valence-electron chi connectivity index (χ0n) is 37.6. The van der Waals surface area contributed by atoms with Crippen molar-refractivity contribution in [3.05, 3.63) is 214 Å². The number of fused-ring (bicyclic) bond motifs is 12. The summed E-state index contributed by atoms with van der Waals surface area (Å²) in [6.45, 7) is 18.1. The largest absolute Gasteiger partial charge is 0.456 e. The highest BCUT2D eigenvalue weighted by Gasteiger charge is 2.40. The molecule has 12 rings (SSSR count). The molecule has 3 aliphatic rings. The molecule has 314 valence electrons. The van der Waals surface area contributed by atoms with E-state index in [2.05, 4.69) is 199 Å². The minimum absolute atomic E-state index is 0.206. The Morgan fingerprint density at radius 1 is 0.462 bits per heavy atom. The maximum absolute atomic E-state index is 6.53. The molecule has 0 spiro atoms. The third kappa shape index (κ3) is 5.54. The van der Waals surface area contributed by atoms with Crippen molar-refractivity contribution >= 4 is 51.7 Å². The van der Waals surface area contributed by atoms with Gasteiger partial charge in [0.2, 0.25) is 0 Å². The van der Waals surface area contributed by atoms with Gasteiger partial charge >= 0.3 is 0 Å². The van der Waals surface area contributed by atoms with E-state index in [4.69, 9.17) is 19.5 Å². The van der Waals surface area contributed by atoms with Gasteiger partial charge in [-0.1, -0.05) is 181 Å². The Balaban J connectivity index is 1.17. The quantitative estimate of drug-likeness (QED) is 0.0985. The highest BCUT2D eigenvalue weighted by Crippen LogP contribution is 2.55. The highest BCUT2D eigenvalue weighted by atomic mass is 16.3. The lowest BCUT2D eigenvalue weighted by molar-refractivity contribution is 0.660. The van der Waals surface area contributed by atoms with Gasteiger partial charge in [-0.15, -0.1) is 5.10 Å². The average Bonchev–Trinajstić information content (AvgIpc) is 3.98. The molecule has 0 fully saturated rings. The Morgan fingerprint density at radius 2 is 0.985 bits per heavy atom. The van der Waals surface area contributed by atoms with Gasteiger partial charge in [-0.3, -0.25) is 0 Å². The average molecular weight is 841 g/mol. The predicted molar refractivity (Wildman–Crippen MR) is 270 cm³/mol. The molecule has 0 saturated carbocycles. The lowest BCUT2D eigenvalue weighted by atomic mass is 9.82. The number of anilines is 2. The van der Waals surface area contributed by atoms with E-state index in [9.17, 15) is 0 Å². The molecule has 65 heavy (non-hydrogen) atoms. The van der Waals surface area contributed by atoms with E-state index in [-0.39, 0.29) is 16.2 Å². The van der Waals surface area contributed by atoms with Crippen LogP contribution in [0, 0.1) is 0 Å². The number of hydrazone groups is 1. The molecule has 0 N–H and O–H groups in total. The van der Waals surface area contributed by atoms with Gasteiger partial charge in [-0.2, -0.15) is 0 Å². The molecule has 1 heterocycles. The molecule has 5 heteroatoms. The van der Waals surface area contributed by atoms with Crippen LogP contribution in [-0.4, -0.2) is 18.4 Å². The van der Waals surface area contributed by atoms with Crippen LogP contribution in [-0.2, 0) is 16.2 Å². The second kappa shape index (κ2) is 13.9. The molecule has 5 nitrogen and oxygen atoms in total. The number of benzene rings is 8. The molecular weight excluding hydrogens is 793 g/mol. The summed E-state index contributed by atoms with van der Waals surface area (Å²) in [4.78, 5) is 10.4. The summed E-state index contributed by atoms with van der Waals surface area (Å²) in [5, 5.41) is 9.92. The van der Waals surface area contributed by atoms with Crippen molar-refractivity contribution in [2.45, 2.75) is 57.8 Å². The summed E-state index contributed by atoms with van der Waals surface area (Å²) in [6.07, 6.45) is 0. The number of nitrogens with zero attached hydrogens (tertiary/aromatic N) is 4. The van der Waals surface area contributed by atoms with E-state index in [0.717, 1.165) is 55.6 Å². The van der Waals surface area contributed by atoms with Gasteiger partial charge in [0.1, 0.15) is 11.2 Å². The van der Waals surface area contributed by atoms with E-state index in [1.165, 1.54) is 55.6 Å². The molecule has 9 aromatic rings. The van der Waals surface area contributed by atoms with Crippen LogP contribution in [0.5, 0.6) is 0 Å². The number of aliphatic imine (C=N–C) groups is 2. The molecule has 0 amide bonds. The van der Waals surface area contributed by atoms with E-state index >= 15 is 0 Å². The Labute approximate surface area is 380 Å². The predicted octanol–water partition coefficient (Wildman–Crippen LogP) is 15.2. The molecule has 0 saturated heterocycles. The Kier molecular flexibility index (Phi) is 8.36. The third-order valence-corrected chi connectivity index (χ3v) is 14.7. The number of amidine groups is 2. The number of hydrogen-bond donors (Lipinski definition) is 0. The highest BCUT2D eigenvalue weighted by molar-refractivity contribution is 6.22. The number of furan rings is 1. The molecule has 0 radical (unpaired) electrons. The first kappa shape index (κ1) is 39.0. The van der Waals surface area contributed by atoms with Gasteiger partial charge in [0.15, 0.2) is 11.7 Å². The van der Waals surface area contributed by atoms with Crippen molar-refractivity contribution in [2.75, 3.05) is 5.01 Å². The van der Waals surface area contributed by atoms with Crippen molar-refractivity contribution in [1.82, 2.24) is 0 Å². The van der Waals surface area contributed by atoms with Crippen LogP contribution in [0.4, 0.5) is 11.4 Å². The summed E-state index contributed by atoms with van der Waals surface area (Å²) >= 11 is 0. The molecule has 8 aromatic carbocycles. The van der Waals surface area contributed by atoms with Crippen LogP contribution in [0.15, 0.2) is 189 Å². The fourth-order valence-corrected chi connectivity index (χ4v) is 11.4. The van der Waals surface area contributed by atoms with Gasteiger partial charge in [-0.05, 0) is 98.2 Å². The molecule has 0 unspecified atom stereocenters. The fraction of sp³-hybridized carbons (Fsp3) is 0.150.